The molecule has 0 saturated heterocycles. The fourth-order valence-electron chi connectivity index (χ4n) is 2.97. The first-order chi connectivity index (χ1) is 9.75. The van der Waals surface area contributed by atoms with E-state index in [1.807, 2.05) is 30.3 Å². The van der Waals surface area contributed by atoms with Gasteiger partial charge in [0.05, 0.1) is 12.9 Å². The van der Waals surface area contributed by atoms with E-state index in [0.29, 0.717) is 13.0 Å². The zero-order valence-corrected chi connectivity index (χ0v) is 11.8. The van der Waals surface area contributed by atoms with Crippen molar-refractivity contribution in [3.05, 3.63) is 53.5 Å². The summed E-state index contributed by atoms with van der Waals surface area (Å²) in [6.07, 6.45) is 5.12. The number of ether oxygens (including phenoxy) is 1. The van der Waals surface area contributed by atoms with Gasteiger partial charge in [-0.15, -0.1) is 0 Å². The molecule has 1 aromatic heterocycles. The van der Waals surface area contributed by atoms with E-state index in [0.717, 1.165) is 41.9 Å². The Morgan fingerprint density at radius 3 is 2.95 bits per heavy atom. The highest BCUT2D eigenvalue weighted by Gasteiger charge is 2.39. The minimum absolute atomic E-state index is 0.658. The smallest absolute Gasteiger partial charge is 0.125 e. The van der Waals surface area contributed by atoms with E-state index in [1.54, 1.807) is 6.26 Å². The van der Waals surface area contributed by atoms with Gasteiger partial charge in [0.25, 0.3) is 0 Å². The van der Waals surface area contributed by atoms with Crippen molar-refractivity contribution in [3.8, 4) is 5.75 Å². The number of hydrogen-bond acceptors (Lipinski definition) is 3. The number of furan rings is 1. The van der Waals surface area contributed by atoms with Crippen molar-refractivity contribution < 1.29 is 14.3 Å². The van der Waals surface area contributed by atoms with Gasteiger partial charge in [-0.25, -0.2) is 0 Å². The molecule has 20 heavy (non-hydrogen) atoms. The van der Waals surface area contributed by atoms with Crippen LogP contribution in [0, 0.1) is 0 Å². The molecule has 0 aliphatic heterocycles. The van der Waals surface area contributed by atoms with Gasteiger partial charge in [-0.05, 0) is 31.4 Å². The number of para-hydroxylation sites is 1. The molecule has 106 valence electrons. The van der Waals surface area contributed by atoms with Crippen LogP contribution in [0.3, 0.4) is 0 Å². The Morgan fingerprint density at radius 1 is 1.25 bits per heavy atom. The molecular weight excluding hydrogens is 252 g/mol. The second kappa shape index (κ2) is 5.33. The van der Waals surface area contributed by atoms with Gasteiger partial charge in [-0.2, -0.15) is 0 Å². The van der Waals surface area contributed by atoms with Crippen molar-refractivity contribution in [1.82, 2.24) is 0 Å². The monoisotopic (exact) mass is 272 g/mol. The normalized spacial score (nSPS) is 21.5. The number of rotatable bonds is 4. The second-order valence-corrected chi connectivity index (χ2v) is 5.32. The molecule has 3 heteroatoms. The third-order valence-electron chi connectivity index (χ3n) is 3.93. The van der Waals surface area contributed by atoms with Crippen LogP contribution in [-0.4, -0.2) is 11.7 Å². The van der Waals surface area contributed by atoms with Crippen LogP contribution in [0.1, 0.15) is 43.1 Å². The molecule has 2 aromatic rings. The van der Waals surface area contributed by atoms with Crippen LogP contribution in [0.5, 0.6) is 5.75 Å². The van der Waals surface area contributed by atoms with Gasteiger partial charge in [0, 0.05) is 17.5 Å². The van der Waals surface area contributed by atoms with Crippen LogP contribution in [0.4, 0.5) is 0 Å². The summed E-state index contributed by atoms with van der Waals surface area (Å²) in [4.78, 5) is 0. The molecule has 1 aliphatic carbocycles. The summed E-state index contributed by atoms with van der Waals surface area (Å²) in [6.45, 7) is 2.73. The lowest BCUT2D eigenvalue weighted by Gasteiger charge is -2.33. The molecule has 3 nitrogen and oxygen atoms in total. The van der Waals surface area contributed by atoms with Crippen LogP contribution in [0.25, 0.3) is 0 Å². The first-order valence-corrected chi connectivity index (χ1v) is 7.27. The second-order valence-electron chi connectivity index (χ2n) is 5.32. The van der Waals surface area contributed by atoms with Gasteiger partial charge in [-0.1, -0.05) is 25.1 Å². The quantitative estimate of drug-likeness (QED) is 0.924. The molecule has 0 bridgehead atoms. The molecule has 1 N–H and O–H groups in total. The molecule has 1 aromatic carbocycles. The van der Waals surface area contributed by atoms with Crippen LogP contribution >= 0.6 is 0 Å². The van der Waals surface area contributed by atoms with E-state index in [4.69, 9.17) is 9.15 Å². The van der Waals surface area contributed by atoms with E-state index in [9.17, 15) is 5.11 Å². The number of aliphatic hydroxyl groups is 1. The SMILES string of the molecule is CCCOc1ccccc1C1(O)CCCc2occc21. The minimum Gasteiger partial charge on any atom is -0.493 e. The molecule has 1 heterocycles. The summed E-state index contributed by atoms with van der Waals surface area (Å²) in [5.74, 6) is 1.66. The van der Waals surface area contributed by atoms with Gasteiger partial charge in [0.15, 0.2) is 0 Å². The molecule has 1 unspecified atom stereocenters. The first kappa shape index (κ1) is 13.3. The van der Waals surface area contributed by atoms with Gasteiger partial charge in [-0.3, -0.25) is 0 Å². The van der Waals surface area contributed by atoms with Crippen molar-refractivity contribution in [3.63, 3.8) is 0 Å². The molecule has 0 amide bonds. The Balaban J connectivity index is 2.05. The lowest BCUT2D eigenvalue weighted by atomic mass is 9.77. The fraction of sp³-hybridized carbons (Fsp3) is 0.412. The maximum atomic E-state index is 11.2. The van der Waals surface area contributed by atoms with Gasteiger partial charge < -0.3 is 14.3 Å². The summed E-state index contributed by atoms with van der Waals surface area (Å²) >= 11 is 0. The number of hydrogen-bond donors (Lipinski definition) is 1. The maximum absolute atomic E-state index is 11.2. The van der Waals surface area contributed by atoms with Crippen LogP contribution < -0.4 is 4.74 Å². The maximum Gasteiger partial charge on any atom is 0.125 e. The zero-order chi connectivity index (χ0) is 14.0. The number of aryl methyl sites for hydroxylation is 1. The van der Waals surface area contributed by atoms with Gasteiger partial charge >= 0.3 is 0 Å². The summed E-state index contributed by atoms with van der Waals surface area (Å²) < 4.78 is 11.3. The molecule has 3 rings (SSSR count). The van der Waals surface area contributed by atoms with E-state index < -0.39 is 5.60 Å². The molecule has 0 radical (unpaired) electrons. The summed E-state index contributed by atoms with van der Waals surface area (Å²) in [7, 11) is 0. The average molecular weight is 272 g/mol. The largest absolute Gasteiger partial charge is 0.493 e. The molecular formula is C17H20O3. The summed E-state index contributed by atoms with van der Waals surface area (Å²) in [5, 5.41) is 11.2. The lowest BCUT2D eigenvalue weighted by Crippen LogP contribution is -2.31. The standard InChI is InChI=1S/C17H20O3/c1-2-11-19-15-7-4-3-6-13(15)17(18)10-5-8-16-14(17)9-12-20-16/h3-4,6-7,9,12,18H,2,5,8,10-11H2,1H3. The fourth-order valence-corrected chi connectivity index (χ4v) is 2.97. The van der Waals surface area contributed by atoms with Crippen LogP contribution in [-0.2, 0) is 12.0 Å². The lowest BCUT2D eigenvalue weighted by molar-refractivity contribution is 0.0556. The van der Waals surface area contributed by atoms with Crippen molar-refractivity contribution in [2.24, 2.45) is 0 Å². The van der Waals surface area contributed by atoms with E-state index >= 15 is 0 Å². The molecule has 0 fully saturated rings. The van der Waals surface area contributed by atoms with E-state index in [2.05, 4.69) is 6.92 Å². The molecule has 1 atom stereocenters. The third kappa shape index (κ3) is 2.12. The first-order valence-electron chi connectivity index (χ1n) is 7.27. The Morgan fingerprint density at radius 2 is 2.10 bits per heavy atom. The highest BCUT2D eigenvalue weighted by Crippen LogP contribution is 2.44. The Labute approximate surface area is 119 Å². The van der Waals surface area contributed by atoms with E-state index in [1.165, 1.54) is 0 Å². The van der Waals surface area contributed by atoms with Crippen molar-refractivity contribution >= 4 is 0 Å². The molecule has 0 saturated carbocycles. The topological polar surface area (TPSA) is 42.6 Å². The third-order valence-corrected chi connectivity index (χ3v) is 3.93. The van der Waals surface area contributed by atoms with E-state index in [-0.39, 0.29) is 0 Å². The highest BCUT2D eigenvalue weighted by molar-refractivity contribution is 5.46. The number of benzene rings is 1. The van der Waals surface area contributed by atoms with Gasteiger partial charge in [0.1, 0.15) is 17.1 Å². The Kier molecular flexibility index (Phi) is 3.53. The number of fused-ring (bicyclic) bond motifs is 1. The molecule has 1 aliphatic rings. The minimum atomic E-state index is -0.995. The average Bonchev–Trinajstić information content (AvgIpc) is 2.96. The van der Waals surface area contributed by atoms with Crippen molar-refractivity contribution in [2.75, 3.05) is 6.61 Å². The Bertz CT molecular complexity index is 587. The Hall–Kier alpha value is -1.74. The predicted molar refractivity (Wildman–Crippen MR) is 76.9 cm³/mol. The summed E-state index contributed by atoms with van der Waals surface area (Å²) in [6, 6.07) is 9.65. The van der Waals surface area contributed by atoms with Crippen molar-refractivity contribution in [1.29, 1.82) is 0 Å². The van der Waals surface area contributed by atoms with Gasteiger partial charge in [0.2, 0.25) is 0 Å². The zero-order valence-electron chi connectivity index (χ0n) is 11.8. The highest BCUT2D eigenvalue weighted by atomic mass is 16.5. The van der Waals surface area contributed by atoms with Crippen LogP contribution in [0.15, 0.2) is 41.0 Å². The summed E-state index contributed by atoms with van der Waals surface area (Å²) in [5.41, 5.74) is 0.734. The van der Waals surface area contributed by atoms with Crippen LogP contribution in [0.2, 0.25) is 0 Å². The van der Waals surface area contributed by atoms with Crippen molar-refractivity contribution in [2.45, 2.75) is 38.2 Å². The predicted octanol–water partition coefficient (Wildman–Crippen LogP) is 3.64. The molecule has 0 spiro atoms.